The van der Waals surface area contributed by atoms with Crippen molar-refractivity contribution in [2.45, 2.75) is 25.9 Å². The molecule has 0 saturated heterocycles. The number of imidazole rings is 1. The summed E-state index contributed by atoms with van der Waals surface area (Å²) in [6, 6.07) is 10.4. The fourth-order valence-corrected chi connectivity index (χ4v) is 2.51. The van der Waals surface area contributed by atoms with Gasteiger partial charge in [0, 0.05) is 30.4 Å². The Balaban J connectivity index is 1.85. The molecule has 0 aliphatic heterocycles. The Bertz CT molecular complexity index is 710. The fraction of sp³-hybridized carbons (Fsp3) is 0.250. The lowest BCUT2D eigenvalue weighted by molar-refractivity contribution is 0.625. The lowest BCUT2D eigenvalue weighted by Gasteiger charge is -2.11. The Labute approximate surface area is 118 Å². The van der Waals surface area contributed by atoms with Crippen LogP contribution < -0.4 is 5.73 Å². The molecule has 0 aliphatic rings. The summed E-state index contributed by atoms with van der Waals surface area (Å²) in [6.45, 7) is 2.85. The lowest BCUT2D eigenvalue weighted by atomic mass is 10.1. The van der Waals surface area contributed by atoms with Crippen molar-refractivity contribution in [2.75, 3.05) is 0 Å². The quantitative estimate of drug-likeness (QED) is 0.790. The minimum atomic E-state index is 0.00291. The van der Waals surface area contributed by atoms with Crippen LogP contribution in [0.2, 0.25) is 0 Å². The zero-order valence-corrected chi connectivity index (χ0v) is 11.5. The van der Waals surface area contributed by atoms with E-state index in [1.54, 1.807) is 0 Å². The van der Waals surface area contributed by atoms with Crippen LogP contribution in [-0.2, 0) is 13.0 Å². The largest absolute Gasteiger partial charge is 0.333 e. The highest BCUT2D eigenvalue weighted by Crippen LogP contribution is 2.17. The molecule has 102 valence electrons. The molecule has 2 aromatic heterocycles. The summed E-state index contributed by atoms with van der Waals surface area (Å²) in [7, 11) is 0. The van der Waals surface area contributed by atoms with Gasteiger partial charge < -0.3 is 10.3 Å². The fourth-order valence-electron chi connectivity index (χ4n) is 2.51. The van der Waals surface area contributed by atoms with Crippen molar-refractivity contribution < 1.29 is 0 Å². The first kappa shape index (κ1) is 12.8. The Morgan fingerprint density at radius 2 is 2.10 bits per heavy atom. The van der Waals surface area contributed by atoms with Gasteiger partial charge in [-0.25, -0.2) is 4.98 Å². The molecule has 0 fully saturated rings. The third-order valence-electron chi connectivity index (χ3n) is 3.55. The molecule has 0 bridgehead atoms. The summed E-state index contributed by atoms with van der Waals surface area (Å²) in [5.74, 6) is 0. The summed E-state index contributed by atoms with van der Waals surface area (Å²) in [5.41, 5.74) is 9.35. The molecule has 2 N–H and O–H groups in total. The highest BCUT2D eigenvalue weighted by Gasteiger charge is 2.07. The van der Waals surface area contributed by atoms with E-state index in [9.17, 15) is 0 Å². The van der Waals surface area contributed by atoms with E-state index in [1.807, 2.05) is 31.7 Å². The van der Waals surface area contributed by atoms with E-state index < -0.39 is 0 Å². The van der Waals surface area contributed by atoms with E-state index >= 15 is 0 Å². The SMILES string of the molecule is CC(N)c1cncn1CCc1cccc2cccnc12. The number of fused-ring (bicyclic) bond motifs is 1. The van der Waals surface area contributed by atoms with Crippen LogP contribution in [0.25, 0.3) is 10.9 Å². The molecular formula is C16H18N4. The van der Waals surface area contributed by atoms with Crippen molar-refractivity contribution in [3.05, 3.63) is 60.3 Å². The molecule has 0 amide bonds. The van der Waals surface area contributed by atoms with Crippen LogP contribution >= 0.6 is 0 Å². The molecule has 0 radical (unpaired) electrons. The second-order valence-electron chi connectivity index (χ2n) is 5.04. The molecule has 0 aliphatic carbocycles. The van der Waals surface area contributed by atoms with E-state index in [-0.39, 0.29) is 6.04 Å². The van der Waals surface area contributed by atoms with E-state index in [4.69, 9.17) is 5.73 Å². The molecule has 3 rings (SSSR count). The van der Waals surface area contributed by atoms with Gasteiger partial charge in [0.05, 0.1) is 17.5 Å². The maximum absolute atomic E-state index is 5.95. The molecule has 0 saturated carbocycles. The van der Waals surface area contributed by atoms with Crippen LogP contribution in [0.4, 0.5) is 0 Å². The van der Waals surface area contributed by atoms with Crippen molar-refractivity contribution in [1.82, 2.24) is 14.5 Å². The first-order chi connectivity index (χ1) is 9.75. The van der Waals surface area contributed by atoms with E-state index in [2.05, 4.69) is 38.8 Å². The van der Waals surface area contributed by atoms with E-state index in [0.29, 0.717) is 0 Å². The van der Waals surface area contributed by atoms with Crippen molar-refractivity contribution in [3.63, 3.8) is 0 Å². The third kappa shape index (κ3) is 2.42. The zero-order chi connectivity index (χ0) is 13.9. The second-order valence-corrected chi connectivity index (χ2v) is 5.04. The maximum atomic E-state index is 5.95. The minimum Gasteiger partial charge on any atom is -0.333 e. The number of aromatic nitrogens is 3. The number of benzene rings is 1. The minimum absolute atomic E-state index is 0.00291. The number of hydrogen-bond donors (Lipinski definition) is 1. The number of aryl methyl sites for hydroxylation is 2. The highest BCUT2D eigenvalue weighted by atomic mass is 15.1. The summed E-state index contributed by atoms with van der Waals surface area (Å²) >= 11 is 0. The van der Waals surface area contributed by atoms with Crippen LogP contribution in [0.3, 0.4) is 0 Å². The summed E-state index contributed by atoms with van der Waals surface area (Å²) in [6.07, 6.45) is 6.45. The first-order valence-electron chi connectivity index (χ1n) is 6.84. The molecule has 1 aromatic carbocycles. The Kier molecular flexibility index (Phi) is 3.48. The monoisotopic (exact) mass is 266 g/mol. The lowest BCUT2D eigenvalue weighted by Crippen LogP contribution is -2.13. The van der Waals surface area contributed by atoms with Crippen molar-refractivity contribution in [1.29, 1.82) is 0 Å². The first-order valence-corrected chi connectivity index (χ1v) is 6.84. The maximum Gasteiger partial charge on any atom is 0.0948 e. The van der Waals surface area contributed by atoms with Gasteiger partial charge in [-0.05, 0) is 25.0 Å². The van der Waals surface area contributed by atoms with Crippen molar-refractivity contribution in [2.24, 2.45) is 5.73 Å². The number of para-hydroxylation sites is 1. The standard InChI is InChI=1S/C16H18N4/c1-12(17)15-10-18-11-20(15)9-7-14-5-2-4-13-6-3-8-19-16(13)14/h2-6,8,10-12H,7,9,17H2,1H3. The van der Waals surface area contributed by atoms with Crippen LogP contribution in [-0.4, -0.2) is 14.5 Å². The van der Waals surface area contributed by atoms with Gasteiger partial charge in [0.2, 0.25) is 0 Å². The van der Waals surface area contributed by atoms with Gasteiger partial charge in [0.1, 0.15) is 0 Å². The number of nitrogens with zero attached hydrogens (tertiary/aromatic N) is 3. The van der Waals surface area contributed by atoms with Gasteiger partial charge in [-0.2, -0.15) is 0 Å². The topological polar surface area (TPSA) is 56.7 Å². The molecule has 3 aromatic rings. The molecule has 2 heterocycles. The van der Waals surface area contributed by atoms with Gasteiger partial charge in [-0.1, -0.05) is 24.3 Å². The van der Waals surface area contributed by atoms with E-state index in [0.717, 1.165) is 24.2 Å². The van der Waals surface area contributed by atoms with E-state index in [1.165, 1.54) is 10.9 Å². The predicted octanol–water partition coefficient (Wildman–Crippen LogP) is 2.69. The van der Waals surface area contributed by atoms with Crippen LogP contribution in [0.5, 0.6) is 0 Å². The summed E-state index contributed by atoms with van der Waals surface area (Å²) in [4.78, 5) is 8.67. The molecular weight excluding hydrogens is 248 g/mol. The summed E-state index contributed by atoms with van der Waals surface area (Å²) in [5, 5.41) is 1.18. The molecule has 4 nitrogen and oxygen atoms in total. The Morgan fingerprint density at radius 1 is 1.25 bits per heavy atom. The van der Waals surface area contributed by atoms with Crippen LogP contribution in [0.1, 0.15) is 24.2 Å². The molecule has 0 spiro atoms. The summed E-state index contributed by atoms with van der Waals surface area (Å²) < 4.78 is 2.12. The number of pyridine rings is 1. The molecule has 20 heavy (non-hydrogen) atoms. The highest BCUT2D eigenvalue weighted by molar-refractivity contribution is 5.81. The van der Waals surface area contributed by atoms with Gasteiger partial charge in [-0.15, -0.1) is 0 Å². The third-order valence-corrected chi connectivity index (χ3v) is 3.55. The molecule has 4 heteroatoms. The Morgan fingerprint density at radius 3 is 2.95 bits per heavy atom. The normalized spacial score (nSPS) is 12.7. The Hall–Kier alpha value is -2.20. The van der Waals surface area contributed by atoms with Gasteiger partial charge in [-0.3, -0.25) is 4.98 Å². The second kappa shape index (κ2) is 5.43. The van der Waals surface area contributed by atoms with Gasteiger partial charge in [0.15, 0.2) is 0 Å². The van der Waals surface area contributed by atoms with Gasteiger partial charge in [0.25, 0.3) is 0 Å². The number of rotatable bonds is 4. The smallest absolute Gasteiger partial charge is 0.0948 e. The average molecular weight is 266 g/mol. The van der Waals surface area contributed by atoms with Crippen LogP contribution in [0, 0.1) is 0 Å². The number of nitrogens with two attached hydrogens (primary N) is 1. The average Bonchev–Trinajstić information content (AvgIpc) is 2.93. The number of hydrogen-bond acceptors (Lipinski definition) is 3. The van der Waals surface area contributed by atoms with Gasteiger partial charge >= 0.3 is 0 Å². The molecule has 1 unspecified atom stereocenters. The predicted molar refractivity (Wildman–Crippen MR) is 80.3 cm³/mol. The van der Waals surface area contributed by atoms with Crippen LogP contribution in [0.15, 0.2) is 49.1 Å². The molecule has 1 atom stereocenters. The van der Waals surface area contributed by atoms with Crippen molar-refractivity contribution >= 4 is 10.9 Å². The zero-order valence-electron chi connectivity index (χ0n) is 11.5. The van der Waals surface area contributed by atoms with Crippen molar-refractivity contribution in [3.8, 4) is 0 Å².